The average molecular weight is 167 g/mol. The monoisotopic (exact) mass is 166 g/mol. The van der Waals surface area contributed by atoms with E-state index in [1.807, 2.05) is 0 Å². The van der Waals surface area contributed by atoms with Crippen molar-refractivity contribution < 1.29 is 14.4 Å². The van der Waals surface area contributed by atoms with Crippen molar-refractivity contribution in [1.29, 1.82) is 0 Å². The van der Waals surface area contributed by atoms with Crippen LogP contribution in [-0.4, -0.2) is 36.7 Å². The van der Waals surface area contributed by atoms with Gasteiger partial charge in [-0.05, 0) is 6.58 Å². The minimum Gasteiger partial charge on any atom is -0.474 e. The minimum atomic E-state index is -0.942. The first kappa shape index (κ1) is 12.2. The molecule has 0 aliphatic rings. The number of nitrogens with zero attached hydrogens (tertiary/aromatic N) is 1. The maximum absolute atomic E-state index is 10.2. The average Bonchev–Trinajstić information content (AvgIpc) is 1.62. The van der Waals surface area contributed by atoms with E-state index in [-0.39, 0.29) is 22.6 Å². The smallest absolute Gasteiger partial charge is 0.389 e. The first-order valence-corrected chi connectivity index (χ1v) is 2.60. The molecule has 0 heterocycles. The number of likely N-dealkylation sites (N-methyl/N-ethyl adjacent to an activating group) is 1. The molecule has 0 atom stereocenters. The Bertz CT molecular complexity index is 148. The number of carboxylic acids is 1. The zero-order valence-corrected chi connectivity index (χ0v) is 7.23. The Balaban J connectivity index is 0. The van der Waals surface area contributed by atoms with Crippen LogP contribution in [0.4, 0.5) is 0 Å². The summed E-state index contributed by atoms with van der Waals surface area (Å²) in [7, 11) is 5.28. The number of aliphatic carboxylic acids is 1. The SMILES string of the molecule is C=C(C(=O)O)[N+](C)(C)C.Cl. The molecule has 0 aliphatic heterocycles. The Morgan fingerprint density at radius 1 is 1.40 bits per heavy atom. The third-order valence-electron chi connectivity index (χ3n) is 1.06. The van der Waals surface area contributed by atoms with E-state index in [1.54, 1.807) is 21.1 Å². The molecule has 0 radical (unpaired) electrons. The van der Waals surface area contributed by atoms with Gasteiger partial charge < -0.3 is 5.11 Å². The third kappa shape index (κ3) is 3.48. The van der Waals surface area contributed by atoms with Crippen molar-refractivity contribution in [2.45, 2.75) is 0 Å². The van der Waals surface area contributed by atoms with Crippen molar-refractivity contribution in [2.24, 2.45) is 0 Å². The van der Waals surface area contributed by atoms with Crippen molar-refractivity contribution in [1.82, 2.24) is 0 Å². The van der Waals surface area contributed by atoms with E-state index < -0.39 is 5.97 Å². The van der Waals surface area contributed by atoms with Gasteiger partial charge in [0.2, 0.25) is 5.70 Å². The lowest BCUT2D eigenvalue weighted by Crippen LogP contribution is -2.36. The number of halogens is 1. The van der Waals surface area contributed by atoms with Crippen LogP contribution in [0.1, 0.15) is 0 Å². The minimum absolute atomic E-state index is 0. The summed E-state index contributed by atoms with van der Waals surface area (Å²) in [5.41, 5.74) is 0.190. The second-order valence-corrected chi connectivity index (χ2v) is 2.76. The summed E-state index contributed by atoms with van der Waals surface area (Å²) >= 11 is 0. The number of hydrogen-bond donors (Lipinski definition) is 1. The Hall–Kier alpha value is -0.540. The highest BCUT2D eigenvalue weighted by molar-refractivity contribution is 5.85. The Labute approximate surface area is 67.0 Å². The summed E-state index contributed by atoms with van der Waals surface area (Å²) in [5.74, 6) is -0.942. The Kier molecular flexibility index (Phi) is 4.36. The van der Waals surface area contributed by atoms with Crippen LogP contribution in [0.3, 0.4) is 0 Å². The van der Waals surface area contributed by atoms with Gasteiger partial charge in [0.15, 0.2) is 0 Å². The first-order chi connectivity index (χ1) is 3.85. The van der Waals surface area contributed by atoms with Crippen molar-refractivity contribution in [2.75, 3.05) is 21.1 Å². The lowest BCUT2D eigenvalue weighted by atomic mass is 10.4. The van der Waals surface area contributed by atoms with Crippen molar-refractivity contribution in [3.8, 4) is 0 Å². The molecule has 0 aromatic carbocycles. The fraction of sp³-hybridized carbons (Fsp3) is 0.500. The molecule has 0 aliphatic carbocycles. The number of rotatable bonds is 2. The molecule has 1 N–H and O–H groups in total. The molecule has 60 valence electrons. The molecule has 0 saturated heterocycles. The fourth-order valence-electron chi connectivity index (χ4n) is 0.287. The zero-order chi connectivity index (χ0) is 7.65. The van der Waals surface area contributed by atoms with E-state index in [0.717, 1.165) is 0 Å². The molecule has 0 saturated carbocycles. The first-order valence-electron chi connectivity index (χ1n) is 2.60. The number of hydrogen-bond acceptors (Lipinski definition) is 1. The lowest BCUT2D eigenvalue weighted by Gasteiger charge is -2.21. The van der Waals surface area contributed by atoms with Gasteiger partial charge in [0.05, 0.1) is 21.1 Å². The summed E-state index contributed by atoms with van der Waals surface area (Å²) < 4.78 is 0.273. The predicted molar refractivity (Wildman–Crippen MR) is 42.1 cm³/mol. The van der Waals surface area contributed by atoms with E-state index in [9.17, 15) is 4.79 Å². The van der Waals surface area contributed by atoms with Crippen LogP contribution < -0.4 is 0 Å². The molecule has 0 bridgehead atoms. The van der Waals surface area contributed by atoms with Gasteiger partial charge in [-0.15, -0.1) is 12.4 Å². The van der Waals surface area contributed by atoms with Gasteiger partial charge >= 0.3 is 5.97 Å². The van der Waals surface area contributed by atoms with Crippen LogP contribution >= 0.6 is 12.4 Å². The molecule has 4 heteroatoms. The van der Waals surface area contributed by atoms with Crippen molar-refractivity contribution >= 4 is 18.4 Å². The van der Waals surface area contributed by atoms with Crippen LogP contribution in [0, 0.1) is 0 Å². The maximum Gasteiger partial charge on any atom is 0.389 e. The highest BCUT2D eigenvalue weighted by Gasteiger charge is 2.20. The Morgan fingerprint density at radius 2 is 1.70 bits per heavy atom. The van der Waals surface area contributed by atoms with E-state index in [1.165, 1.54) is 0 Å². The third-order valence-corrected chi connectivity index (χ3v) is 1.06. The van der Waals surface area contributed by atoms with Gasteiger partial charge in [0.25, 0.3) is 0 Å². The van der Waals surface area contributed by atoms with Crippen molar-refractivity contribution in [3.05, 3.63) is 12.3 Å². The highest BCUT2D eigenvalue weighted by atomic mass is 35.5. The summed E-state index contributed by atoms with van der Waals surface area (Å²) in [4.78, 5) is 10.2. The van der Waals surface area contributed by atoms with Crippen LogP contribution in [0.5, 0.6) is 0 Å². The highest BCUT2D eigenvalue weighted by Crippen LogP contribution is 2.03. The van der Waals surface area contributed by atoms with Crippen LogP contribution in [0.25, 0.3) is 0 Å². The van der Waals surface area contributed by atoms with Gasteiger partial charge in [0, 0.05) is 0 Å². The lowest BCUT2D eigenvalue weighted by molar-refractivity contribution is -0.826. The van der Waals surface area contributed by atoms with Gasteiger partial charge in [-0.25, -0.2) is 4.79 Å². The molecule has 0 aromatic rings. The summed E-state index contributed by atoms with van der Waals surface area (Å²) in [6, 6.07) is 0. The quantitative estimate of drug-likeness (QED) is 0.485. The van der Waals surface area contributed by atoms with E-state index in [4.69, 9.17) is 5.11 Å². The molecule has 3 nitrogen and oxygen atoms in total. The second-order valence-electron chi connectivity index (χ2n) is 2.76. The topological polar surface area (TPSA) is 37.3 Å². The molecular formula is C6H13ClNO2+. The molecule has 10 heavy (non-hydrogen) atoms. The predicted octanol–water partition coefficient (Wildman–Crippen LogP) is 0.713. The van der Waals surface area contributed by atoms with Gasteiger partial charge in [-0.1, -0.05) is 0 Å². The fourth-order valence-corrected chi connectivity index (χ4v) is 0.287. The summed E-state index contributed by atoms with van der Waals surface area (Å²) in [6.07, 6.45) is 0. The van der Waals surface area contributed by atoms with Crippen LogP contribution in [-0.2, 0) is 4.79 Å². The van der Waals surface area contributed by atoms with E-state index in [0.29, 0.717) is 0 Å². The standard InChI is InChI=1S/C6H11NO2.ClH/c1-5(6(8)9)7(2,3)4;/h1H2,2-4H3;1H/p+1. The summed E-state index contributed by atoms with van der Waals surface area (Å²) in [6.45, 7) is 3.40. The zero-order valence-electron chi connectivity index (χ0n) is 6.42. The molecule has 0 unspecified atom stereocenters. The molecular weight excluding hydrogens is 154 g/mol. The summed E-state index contributed by atoms with van der Waals surface area (Å²) in [5, 5.41) is 8.40. The molecule has 0 rings (SSSR count). The number of carbonyl (C=O) groups is 1. The van der Waals surface area contributed by atoms with Gasteiger partial charge in [-0.2, -0.15) is 0 Å². The molecule has 0 amide bonds. The van der Waals surface area contributed by atoms with Crippen LogP contribution in [0.15, 0.2) is 12.3 Å². The van der Waals surface area contributed by atoms with E-state index >= 15 is 0 Å². The van der Waals surface area contributed by atoms with Gasteiger partial charge in [0.1, 0.15) is 0 Å². The van der Waals surface area contributed by atoms with Gasteiger partial charge in [-0.3, -0.25) is 4.48 Å². The van der Waals surface area contributed by atoms with E-state index in [2.05, 4.69) is 6.58 Å². The molecule has 0 spiro atoms. The van der Waals surface area contributed by atoms with Crippen LogP contribution in [0.2, 0.25) is 0 Å². The number of quaternary nitrogens is 1. The second kappa shape index (κ2) is 3.58. The molecule has 0 aromatic heterocycles. The maximum atomic E-state index is 10.2. The number of carboxylic acid groups (broad SMARTS) is 1. The molecule has 0 fully saturated rings. The van der Waals surface area contributed by atoms with Crippen molar-refractivity contribution in [3.63, 3.8) is 0 Å². The largest absolute Gasteiger partial charge is 0.474 e. The normalized spacial score (nSPS) is 9.90. The Morgan fingerprint density at radius 3 is 1.70 bits per heavy atom.